The van der Waals surface area contributed by atoms with Crippen LogP contribution in [0.15, 0.2) is 34.8 Å². The molecule has 0 bridgehead atoms. The van der Waals surface area contributed by atoms with Crippen LogP contribution in [0, 0.1) is 6.92 Å². The van der Waals surface area contributed by atoms with Crippen molar-refractivity contribution in [2.45, 2.75) is 13.5 Å². The van der Waals surface area contributed by atoms with Crippen LogP contribution >= 0.6 is 38.9 Å². The van der Waals surface area contributed by atoms with Gasteiger partial charge in [-0.2, -0.15) is 0 Å². The Morgan fingerprint density at radius 1 is 1.37 bits per heavy atom. The maximum Gasteiger partial charge on any atom is 0.253 e. The molecule has 0 N–H and O–H groups in total. The predicted molar refractivity (Wildman–Crippen MR) is 84.0 cm³/mol. The summed E-state index contributed by atoms with van der Waals surface area (Å²) in [5, 5.41) is 0. The summed E-state index contributed by atoms with van der Waals surface area (Å²) in [4.78, 5) is 15.1. The third kappa shape index (κ3) is 3.59. The fourth-order valence-electron chi connectivity index (χ4n) is 1.69. The summed E-state index contributed by atoms with van der Waals surface area (Å²) < 4.78 is 1.69. The first-order valence-electron chi connectivity index (χ1n) is 5.73. The molecule has 0 unspecified atom stereocenters. The first-order chi connectivity index (χ1) is 8.97. The molecule has 0 spiro atoms. The van der Waals surface area contributed by atoms with Crippen LogP contribution in [0.2, 0.25) is 4.34 Å². The molecule has 0 radical (unpaired) electrons. The van der Waals surface area contributed by atoms with Crippen LogP contribution in [0.4, 0.5) is 0 Å². The summed E-state index contributed by atoms with van der Waals surface area (Å²) in [6, 6.07) is 9.44. The number of thiophene rings is 1. The Labute approximate surface area is 130 Å². The van der Waals surface area contributed by atoms with Crippen molar-refractivity contribution in [1.29, 1.82) is 0 Å². The summed E-state index contributed by atoms with van der Waals surface area (Å²) >= 11 is 10.8. The van der Waals surface area contributed by atoms with Gasteiger partial charge in [0.25, 0.3) is 5.91 Å². The third-order valence-electron chi connectivity index (χ3n) is 2.79. The molecule has 19 heavy (non-hydrogen) atoms. The second-order valence-corrected chi connectivity index (χ2v) is 6.98. The molecule has 0 saturated heterocycles. The number of carbonyl (C=O) groups is 1. The molecule has 1 amide bonds. The van der Waals surface area contributed by atoms with Gasteiger partial charge in [-0.3, -0.25) is 4.79 Å². The van der Waals surface area contributed by atoms with E-state index in [0.717, 1.165) is 19.2 Å². The van der Waals surface area contributed by atoms with Gasteiger partial charge in [0.1, 0.15) is 0 Å². The molecule has 1 aromatic heterocycles. The summed E-state index contributed by atoms with van der Waals surface area (Å²) in [5.74, 6) is 0.00484. The fourth-order valence-corrected chi connectivity index (χ4v) is 3.21. The topological polar surface area (TPSA) is 20.3 Å². The standard InChI is InChI=1S/C14H13BrClNOS/c1-9-3-4-10(7-12(9)15)14(18)17(2)8-11-5-6-13(16)19-11/h3-7H,8H2,1-2H3. The van der Waals surface area contributed by atoms with Crippen LogP contribution < -0.4 is 0 Å². The number of benzene rings is 1. The molecule has 0 saturated carbocycles. The summed E-state index contributed by atoms with van der Waals surface area (Å²) in [6.45, 7) is 2.57. The lowest BCUT2D eigenvalue weighted by Gasteiger charge is -2.16. The van der Waals surface area contributed by atoms with Crippen LogP contribution in [0.3, 0.4) is 0 Å². The zero-order chi connectivity index (χ0) is 14.0. The highest BCUT2D eigenvalue weighted by Gasteiger charge is 2.13. The van der Waals surface area contributed by atoms with E-state index < -0.39 is 0 Å². The molecule has 0 atom stereocenters. The van der Waals surface area contributed by atoms with E-state index >= 15 is 0 Å². The minimum Gasteiger partial charge on any atom is -0.337 e. The van der Waals surface area contributed by atoms with Gasteiger partial charge in [-0.1, -0.05) is 33.6 Å². The molecule has 5 heteroatoms. The Balaban J connectivity index is 2.12. The fraction of sp³-hybridized carbons (Fsp3) is 0.214. The molecule has 2 aromatic rings. The van der Waals surface area contributed by atoms with Crippen LogP contribution in [0.5, 0.6) is 0 Å². The second kappa shape index (κ2) is 6.07. The molecule has 1 heterocycles. The van der Waals surface area contributed by atoms with Gasteiger partial charge >= 0.3 is 0 Å². The van der Waals surface area contributed by atoms with Gasteiger partial charge in [-0.05, 0) is 36.8 Å². The zero-order valence-electron chi connectivity index (χ0n) is 10.6. The van der Waals surface area contributed by atoms with E-state index in [1.165, 1.54) is 11.3 Å². The third-order valence-corrected chi connectivity index (χ3v) is 4.86. The van der Waals surface area contributed by atoms with E-state index in [2.05, 4.69) is 15.9 Å². The van der Waals surface area contributed by atoms with Gasteiger partial charge in [0, 0.05) is 22.0 Å². The molecule has 100 valence electrons. The Bertz CT molecular complexity index is 611. The highest BCUT2D eigenvalue weighted by atomic mass is 79.9. The van der Waals surface area contributed by atoms with Gasteiger partial charge in [0.15, 0.2) is 0 Å². The number of carbonyl (C=O) groups excluding carboxylic acids is 1. The largest absolute Gasteiger partial charge is 0.337 e. The normalized spacial score (nSPS) is 10.5. The van der Waals surface area contributed by atoms with Crippen molar-refractivity contribution in [2.24, 2.45) is 0 Å². The summed E-state index contributed by atoms with van der Waals surface area (Å²) in [6.07, 6.45) is 0. The highest BCUT2D eigenvalue weighted by molar-refractivity contribution is 9.10. The number of amides is 1. The zero-order valence-corrected chi connectivity index (χ0v) is 13.8. The van der Waals surface area contributed by atoms with E-state index in [4.69, 9.17) is 11.6 Å². The molecular formula is C14H13BrClNOS. The van der Waals surface area contributed by atoms with Crippen LogP contribution in [0.25, 0.3) is 0 Å². The molecule has 1 aromatic carbocycles. The maximum atomic E-state index is 12.3. The molecule has 0 aliphatic heterocycles. The van der Waals surface area contributed by atoms with Gasteiger partial charge in [0.05, 0.1) is 10.9 Å². The molecule has 0 aliphatic rings. The Morgan fingerprint density at radius 3 is 2.68 bits per heavy atom. The Hall–Kier alpha value is -0.840. The van der Waals surface area contributed by atoms with Crippen molar-refractivity contribution in [3.05, 3.63) is 55.1 Å². The average Bonchev–Trinajstić information content (AvgIpc) is 2.77. The number of nitrogens with zero attached hydrogens (tertiary/aromatic N) is 1. The Morgan fingerprint density at radius 2 is 2.11 bits per heavy atom. The van der Waals surface area contributed by atoms with Crippen molar-refractivity contribution in [2.75, 3.05) is 7.05 Å². The van der Waals surface area contributed by atoms with E-state index in [9.17, 15) is 4.79 Å². The molecule has 0 aliphatic carbocycles. The molecule has 0 fully saturated rings. The van der Waals surface area contributed by atoms with Crippen LogP contribution in [-0.4, -0.2) is 17.9 Å². The van der Waals surface area contributed by atoms with Crippen molar-refractivity contribution in [3.63, 3.8) is 0 Å². The number of hydrogen-bond donors (Lipinski definition) is 0. The minimum absolute atomic E-state index is 0.00484. The SMILES string of the molecule is Cc1ccc(C(=O)N(C)Cc2ccc(Cl)s2)cc1Br. The lowest BCUT2D eigenvalue weighted by atomic mass is 10.1. The van der Waals surface area contributed by atoms with E-state index in [-0.39, 0.29) is 5.91 Å². The van der Waals surface area contributed by atoms with Crippen molar-refractivity contribution < 1.29 is 4.79 Å². The first-order valence-corrected chi connectivity index (χ1v) is 7.72. The number of aryl methyl sites for hydroxylation is 1. The molecule has 2 nitrogen and oxygen atoms in total. The van der Waals surface area contributed by atoms with Gasteiger partial charge < -0.3 is 4.90 Å². The van der Waals surface area contributed by atoms with Crippen LogP contribution in [0.1, 0.15) is 20.8 Å². The van der Waals surface area contributed by atoms with Gasteiger partial charge in [-0.15, -0.1) is 11.3 Å². The van der Waals surface area contributed by atoms with Crippen LogP contribution in [-0.2, 0) is 6.54 Å². The smallest absolute Gasteiger partial charge is 0.253 e. The molecule has 2 rings (SSSR count). The van der Waals surface area contributed by atoms with Gasteiger partial charge in [0.2, 0.25) is 0 Å². The Kier molecular flexibility index (Phi) is 4.66. The maximum absolute atomic E-state index is 12.3. The van der Waals surface area contributed by atoms with E-state index in [1.807, 2.05) is 37.3 Å². The lowest BCUT2D eigenvalue weighted by molar-refractivity contribution is 0.0786. The summed E-state index contributed by atoms with van der Waals surface area (Å²) in [5.41, 5.74) is 1.80. The van der Waals surface area contributed by atoms with Crippen molar-refractivity contribution >= 4 is 44.8 Å². The second-order valence-electron chi connectivity index (χ2n) is 4.33. The number of halogens is 2. The van der Waals surface area contributed by atoms with Crippen molar-refractivity contribution in [1.82, 2.24) is 4.90 Å². The average molecular weight is 359 g/mol. The minimum atomic E-state index is 0.00484. The highest BCUT2D eigenvalue weighted by Crippen LogP contribution is 2.23. The number of rotatable bonds is 3. The first kappa shape index (κ1) is 14.6. The number of hydrogen-bond acceptors (Lipinski definition) is 2. The quantitative estimate of drug-likeness (QED) is 0.775. The van der Waals surface area contributed by atoms with Crippen molar-refractivity contribution in [3.8, 4) is 0 Å². The predicted octanol–water partition coefficient (Wildman–Crippen LogP) is 4.74. The van der Waals surface area contributed by atoms with E-state index in [0.29, 0.717) is 12.1 Å². The monoisotopic (exact) mass is 357 g/mol. The molecular weight excluding hydrogens is 346 g/mol. The summed E-state index contributed by atoms with van der Waals surface area (Å²) in [7, 11) is 1.80. The lowest BCUT2D eigenvalue weighted by Crippen LogP contribution is -2.25. The van der Waals surface area contributed by atoms with Gasteiger partial charge in [-0.25, -0.2) is 0 Å². The van der Waals surface area contributed by atoms with E-state index in [1.54, 1.807) is 11.9 Å².